The molecule has 26 heavy (non-hydrogen) atoms. The van der Waals surface area contributed by atoms with Crippen LogP contribution in [0.3, 0.4) is 0 Å². The van der Waals surface area contributed by atoms with Crippen molar-refractivity contribution < 1.29 is 4.74 Å². The van der Waals surface area contributed by atoms with Gasteiger partial charge in [0.25, 0.3) is 5.56 Å². The van der Waals surface area contributed by atoms with Crippen LogP contribution in [0.4, 0.5) is 5.69 Å². The molecule has 0 aliphatic carbocycles. The molecule has 1 N–H and O–H groups in total. The van der Waals surface area contributed by atoms with Crippen LogP contribution >= 0.6 is 11.6 Å². The molecule has 0 bridgehead atoms. The molecule has 3 rings (SSSR count). The number of hydrogen-bond acceptors (Lipinski definition) is 4. The van der Waals surface area contributed by atoms with E-state index >= 15 is 0 Å². The molecule has 1 aromatic carbocycles. The SMILES string of the molecule is CCC(CC)C1CC(Nc2cnn(-c3ccccc3)c(=O)c2Cl)CCO1. The maximum Gasteiger partial charge on any atom is 0.292 e. The van der Waals surface area contributed by atoms with Gasteiger partial charge in [0.05, 0.1) is 23.7 Å². The summed E-state index contributed by atoms with van der Waals surface area (Å²) < 4.78 is 7.29. The van der Waals surface area contributed by atoms with Crippen LogP contribution in [-0.4, -0.2) is 28.5 Å². The third kappa shape index (κ3) is 4.10. The summed E-state index contributed by atoms with van der Waals surface area (Å²) in [4.78, 5) is 12.6. The number of nitrogens with one attached hydrogen (secondary N) is 1. The van der Waals surface area contributed by atoms with E-state index in [4.69, 9.17) is 16.3 Å². The lowest BCUT2D eigenvalue weighted by Gasteiger charge is -2.35. The second-order valence-corrected chi connectivity index (χ2v) is 7.15. The van der Waals surface area contributed by atoms with Gasteiger partial charge >= 0.3 is 0 Å². The lowest BCUT2D eigenvalue weighted by atomic mass is 9.89. The highest BCUT2D eigenvalue weighted by Crippen LogP contribution is 2.28. The zero-order valence-corrected chi connectivity index (χ0v) is 16.1. The lowest BCUT2D eigenvalue weighted by Crippen LogP contribution is -2.38. The molecule has 0 radical (unpaired) electrons. The van der Waals surface area contributed by atoms with Gasteiger partial charge in [0.2, 0.25) is 0 Å². The number of benzene rings is 1. The lowest BCUT2D eigenvalue weighted by molar-refractivity contribution is -0.0271. The number of halogens is 1. The second kappa shape index (κ2) is 8.69. The quantitative estimate of drug-likeness (QED) is 0.818. The van der Waals surface area contributed by atoms with Crippen molar-refractivity contribution in [2.24, 2.45) is 5.92 Å². The van der Waals surface area contributed by atoms with Gasteiger partial charge in [-0.3, -0.25) is 4.79 Å². The predicted octanol–water partition coefficient (Wildman–Crippen LogP) is 4.28. The maximum atomic E-state index is 12.6. The van der Waals surface area contributed by atoms with E-state index < -0.39 is 0 Å². The summed E-state index contributed by atoms with van der Waals surface area (Å²) in [5.41, 5.74) is 0.983. The largest absolute Gasteiger partial charge is 0.379 e. The van der Waals surface area contributed by atoms with Crippen LogP contribution in [-0.2, 0) is 4.74 Å². The number of para-hydroxylation sites is 1. The molecular weight excluding hydrogens is 350 g/mol. The van der Waals surface area contributed by atoms with E-state index in [-0.39, 0.29) is 22.7 Å². The van der Waals surface area contributed by atoms with Crippen molar-refractivity contribution in [3.05, 3.63) is 51.9 Å². The fraction of sp³-hybridized carbons (Fsp3) is 0.500. The first kappa shape index (κ1) is 18.9. The highest BCUT2D eigenvalue weighted by atomic mass is 35.5. The summed E-state index contributed by atoms with van der Waals surface area (Å²) in [6.45, 7) is 5.14. The molecule has 0 spiro atoms. The van der Waals surface area contributed by atoms with Gasteiger partial charge in [0.1, 0.15) is 5.02 Å². The average molecular weight is 376 g/mol. The van der Waals surface area contributed by atoms with Crippen molar-refractivity contribution in [3.8, 4) is 5.69 Å². The zero-order valence-electron chi connectivity index (χ0n) is 15.3. The molecule has 1 saturated heterocycles. The molecular formula is C20H26ClN3O2. The van der Waals surface area contributed by atoms with E-state index in [1.807, 2.05) is 30.3 Å². The van der Waals surface area contributed by atoms with Crippen LogP contribution in [0, 0.1) is 5.92 Å². The first-order valence-electron chi connectivity index (χ1n) is 9.35. The van der Waals surface area contributed by atoms with Crippen molar-refractivity contribution in [1.82, 2.24) is 9.78 Å². The molecule has 0 amide bonds. The minimum Gasteiger partial charge on any atom is -0.379 e. The van der Waals surface area contributed by atoms with E-state index in [0.717, 1.165) is 32.3 Å². The molecule has 140 valence electrons. The molecule has 6 heteroatoms. The average Bonchev–Trinajstić information content (AvgIpc) is 2.68. The minimum atomic E-state index is -0.313. The molecule has 2 heterocycles. The minimum absolute atomic E-state index is 0.175. The number of rotatable bonds is 6. The summed E-state index contributed by atoms with van der Waals surface area (Å²) in [6, 6.07) is 9.52. The van der Waals surface area contributed by atoms with E-state index in [2.05, 4.69) is 24.3 Å². The van der Waals surface area contributed by atoms with Crippen molar-refractivity contribution in [3.63, 3.8) is 0 Å². The summed E-state index contributed by atoms with van der Waals surface area (Å²) >= 11 is 6.35. The summed E-state index contributed by atoms with van der Waals surface area (Å²) in [5, 5.41) is 7.88. The Labute approximate surface area is 159 Å². The topological polar surface area (TPSA) is 56.2 Å². The van der Waals surface area contributed by atoms with Crippen LogP contribution in [0.5, 0.6) is 0 Å². The number of anilines is 1. The number of ether oxygens (including phenoxy) is 1. The van der Waals surface area contributed by atoms with Crippen molar-refractivity contribution in [1.29, 1.82) is 0 Å². The van der Waals surface area contributed by atoms with Crippen molar-refractivity contribution >= 4 is 17.3 Å². The molecule has 1 aliphatic rings. The van der Waals surface area contributed by atoms with Gasteiger partial charge in [-0.05, 0) is 30.9 Å². The molecule has 1 aliphatic heterocycles. The zero-order chi connectivity index (χ0) is 18.5. The maximum absolute atomic E-state index is 12.6. The Morgan fingerprint density at radius 2 is 2.04 bits per heavy atom. The van der Waals surface area contributed by atoms with E-state index in [1.54, 1.807) is 6.20 Å². The second-order valence-electron chi connectivity index (χ2n) is 6.78. The Hall–Kier alpha value is -1.85. The monoisotopic (exact) mass is 375 g/mol. The van der Waals surface area contributed by atoms with Gasteiger partial charge in [-0.15, -0.1) is 0 Å². The normalized spacial score (nSPS) is 20.3. The standard InChI is InChI=1S/C20H26ClN3O2/c1-3-14(4-2)18-12-15(10-11-26-18)23-17-13-22-24(20(25)19(17)21)16-8-6-5-7-9-16/h5-9,13-15,18,23H,3-4,10-12H2,1-2H3. The Kier molecular flexibility index (Phi) is 6.33. The van der Waals surface area contributed by atoms with Gasteiger partial charge in [-0.25, -0.2) is 0 Å². The molecule has 1 fully saturated rings. The number of nitrogens with zero attached hydrogens (tertiary/aromatic N) is 2. The summed E-state index contributed by atoms with van der Waals surface area (Å²) in [5.74, 6) is 0.569. The van der Waals surface area contributed by atoms with E-state index in [9.17, 15) is 4.79 Å². The fourth-order valence-corrected chi connectivity index (χ4v) is 3.79. The molecule has 2 unspecified atom stereocenters. The van der Waals surface area contributed by atoms with Gasteiger partial charge < -0.3 is 10.1 Å². The molecule has 2 atom stereocenters. The van der Waals surface area contributed by atoms with Crippen LogP contribution in [0.1, 0.15) is 39.5 Å². The summed E-state index contributed by atoms with van der Waals surface area (Å²) in [6.07, 6.45) is 5.94. The molecule has 5 nitrogen and oxygen atoms in total. The highest BCUT2D eigenvalue weighted by molar-refractivity contribution is 6.32. The van der Waals surface area contributed by atoms with Crippen LogP contribution in [0.15, 0.2) is 41.3 Å². The molecule has 2 aromatic rings. The third-order valence-corrected chi connectivity index (χ3v) is 5.53. The van der Waals surface area contributed by atoms with Crippen LogP contribution in [0.2, 0.25) is 5.02 Å². The van der Waals surface area contributed by atoms with Gasteiger partial charge in [0.15, 0.2) is 0 Å². The molecule has 1 aromatic heterocycles. The highest BCUT2D eigenvalue weighted by Gasteiger charge is 2.28. The summed E-state index contributed by atoms with van der Waals surface area (Å²) in [7, 11) is 0. The predicted molar refractivity (Wildman–Crippen MR) is 105 cm³/mol. The fourth-order valence-electron chi connectivity index (χ4n) is 3.61. The first-order valence-corrected chi connectivity index (χ1v) is 9.73. The van der Waals surface area contributed by atoms with Crippen LogP contribution in [0.25, 0.3) is 5.69 Å². The number of aromatic nitrogens is 2. The smallest absolute Gasteiger partial charge is 0.292 e. The molecule has 0 saturated carbocycles. The Morgan fingerprint density at radius 1 is 1.31 bits per heavy atom. The number of hydrogen-bond donors (Lipinski definition) is 1. The Balaban J connectivity index is 1.76. The van der Waals surface area contributed by atoms with Gasteiger partial charge in [-0.2, -0.15) is 9.78 Å². The Morgan fingerprint density at radius 3 is 2.73 bits per heavy atom. The first-order chi connectivity index (χ1) is 12.6. The van der Waals surface area contributed by atoms with Gasteiger partial charge in [-0.1, -0.05) is 56.5 Å². The van der Waals surface area contributed by atoms with E-state index in [0.29, 0.717) is 17.3 Å². The third-order valence-electron chi connectivity index (χ3n) is 5.17. The van der Waals surface area contributed by atoms with Crippen LogP contribution < -0.4 is 10.9 Å². The van der Waals surface area contributed by atoms with Crippen molar-refractivity contribution in [2.75, 3.05) is 11.9 Å². The van der Waals surface area contributed by atoms with E-state index in [1.165, 1.54) is 4.68 Å². The van der Waals surface area contributed by atoms with Crippen molar-refractivity contribution in [2.45, 2.75) is 51.7 Å². The van der Waals surface area contributed by atoms with Gasteiger partial charge in [0, 0.05) is 12.6 Å². The Bertz CT molecular complexity index is 774.